The molecule has 0 bridgehead atoms. The van der Waals surface area contributed by atoms with Crippen molar-refractivity contribution in [3.63, 3.8) is 0 Å². The number of ether oxygens (including phenoxy) is 1. The fraction of sp³-hybridized carbons (Fsp3) is 0.478. The molecule has 0 aliphatic carbocycles. The van der Waals surface area contributed by atoms with Gasteiger partial charge in [0.1, 0.15) is 0 Å². The van der Waals surface area contributed by atoms with E-state index in [-0.39, 0.29) is 6.03 Å². The molecule has 0 N–H and O–H groups in total. The molecule has 0 spiro atoms. The molecule has 152 valence electrons. The highest BCUT2D eigenvalue weighted by atomic mass is 16.5. The summed E-state index contributed by atoms with van der Waals surface area (Å²) in [5.74, 6) is 0. The van der Waals surface area contributed by atoms with Crippen LogP contribution in [0, 0.1) is 0 Å². The van der Waals surface area contributed by atoms with Gasteiger partial charge in [-0.25, -0.2) is 4.79 Å². The molecule has 3 aliphatic rings. The molecule has 3 aliphatic heterocycles. The molecule has 29 heavy (non-hydrogen) atoms. The number of urea groups is 1. The molecule has 0 radical (unpaired) electrons. The summed E-state index contributed by atoms with van der Waals surface area (Å²) in [4.78, 5) is 24.0. The van der Waals surface area contributed by atoms with Crippen LogP contribution in [0.15, 0.2) is 48.7 Å². The molecular formula is C23H28N4O2. The molecular weight excluding hydrogens is 364 g/mol. The summed E-state index contributed by atoms with van der Waals surface area (Å²) in [7, 11) is 0. The topological polar surface area (TPSA) is 48.9 Å². The predicted octanol–water partition coefficient (Wildman–Crippen LogP) is 2.85. The monoisotopic (exact) mass is 392 g/mol. The predicted molar refractivity (Wildman–Crippen MR) is 111 cm³/mol. The highest BCUT2D eigenvalue weighted by molar-refractivity contribution is 5.77. The number of benzene rings is 1. The van der Waals surface area contributed by atoms with Crippen LogP contribution in [0.2, 0.25) is 0 Å². The molecule has 1 unspecified atom stereocenters. The zero-order chi connectivity index (χ0) is 19.6. The molecule has 1 atom stereocenters. The third-order valence-corrected chi connectivity index (χ3v) is 6.42. The Morgan fingerprint density at radius 1 is 0.931 bits per heavy atom. The zero-order valence-electron chi connectivity index (χ0n) is 16.7. The van der Waals surface area contributed by atoms with Crippen molar-refractivity contribution in [2.24, 2.45) is 0 Å². The Kier molecular flexibility index (Phi) is 5.21. The third-order valence-electron chi connectivity index (χ3n) is 6.42. The first-order valence-corrected chi connectivity index (χ1v) is 10.7. The summed E-state index contributed by atoms with van der Waals surface area (Å²) in [5.41, 5.74) is 3.46. The second-order valence-corrected chi connectivity index (χ2v) is 8.27. The van der Waals surface area contributed by atoms with Gasteiger partial charge in [-0.3, -0.25) is 9.88 Å². The smallest absolute Gasteiger partial charge is 0.320 e. The van der Waals surface area contributed by atoms with E-state index in [1.165, 1.54) is 5.56 Å². The van der Waals surface area contributed by atoms with Gasteiger partial charge in [0, 0.05) is 63.7 Å². The van der Waals surface area contributed by atoms with E-state index in [1.807, 2.05) is 24.4 Å². The summed E-state index contributed by atoms with van der Waals surface area (Å²) in [5, 5.41) is 0. The van der Waals surface area contributed by atoms with Crippen molar-refractivity contribution in [1.29, 1.82) is 0 Å². The Hall–Kier alpha value is -2.44. The Morgan fingerprint density at radius 3 is 2.52 bits per heavy atom. The number of pyridine rings is 1. The van der Waals surface area contributed by atoms with Crippen LogP contribution in [0.25, 0.3) is 11.3 Å². The molecule has 1 aromatic heterocycles. The van der Waals surface area contributed by atoms with Crippen molar-refractivity contribution in [3.05, 3.63) is 54.2 Å². The quantitative estimate of drug-likeness (QED) is 0.803. The van der Waals surface area contributed by atoms with Crippen molar-refractivity contribution >= 4 is 6.03 Å². The maximum Gasteiger partial charge on any atom is 0.320 e. The van der Waals surface area contributed by atoms with E-state index in [2.05, 4.69) is 43.9 Å². The lowest BCUT2D eigenvalue weighted by Gasteiger charge is -2.36. The second-order valence-electron chi connectivity index (χ2n) is 8.27. The number of fused-ring (bicyclic) bond motifs is 1. The third kappa shape index (κ3) is 3.87. The first-order valence-electron chi connectivity index (χ1n) is 10.7. The maximum absolute atomic E-state index is 12.9. The fourth-order valence-electron chi connectivity index (χ4n) is 4.82. The highest BCUT2D eigenvalue weighted by Crippen LogP contribution is 2.27. The summed E-state index contributed by atoms with van der Waals surface area (Å²) in [6.45, 7) is 6.06. The lowest BCUT2D eigenvalue weighted by atomic mass is 10.1. The van der Waals surface area contributed by atoms with E-state index >= 15 is 0 Å². The van der Waals surface area contributed by atoms with Gasteiger partial charge >= 0.3 is 6.03 Å². The van der Waals surface area contributed by atoms with Gasteiger partial charge in [0.2, 0.25) is 0 Å². The van der Waals surface area contributed by atoms with Gasteiger partial charge in [0.25, 0.3) is 0 Å². The van der Waals surface area contributed by atoms with Crippen LogP contribution in [-0.4, -0.2) is 77.2 Å². The van der Waals surface area contributed by atoms with E-state index in [0.717, 1.165) is 70.0 Å². The van der Waals surface area contributed by atoms with Gasteiger partial charge in [0.15, 0.2) is 0 Å². The molecule has 4 heterocycles. The van der Waals surface area contributed by atoms with Gasteiger partial charge in [-0.1, -0.05) is 30.3 Å². The number of hydrogen-bond donors (Lipinski definition) is 0. The minimum atomic E-state index is 0.237. The number of carbonyl (C=O) groups excluding carboxylic acids is 1. The Balaban J connectivity index is 1.20. The highest BCUT2D eigenvalue weighted by Gasteiger charge is 2.43. The van der Waals surface area contributed by atoms with Crippen LogP contribution in [0.5, 0.6) is 0 Å². The molecule has 2 amide bonds. The second kappa shape index (κ2) is 8.13. The summed E-state index contributed by atoms with van der Waals surface area (Å²) < 4.78 is 5.47. The normalized spacial score (nSPS) is 23.4. The van der Waals surface area contributed by atoms with Gasteiger partial charge in [-0.2, -0.15) is 0 Å². The molecule has 0 saturated carbocycles. The average molecular weight is 393 g/mol. The van der Waals surface area contributed by atoms with Gasteiger partial charge in [-0.15, -0.1) is 0 Å². The number of aromatic nitrogens is 1. The number of rotatable bonds is 4. The number of piperazine rings is 1. The number of hydrogen-bond acceptors (Lipinski definition) is 4. The lowest BCUT2D eigenvalue weighted by molar-refractivity contribution is 0.0504. The van der Waals surface area contributed by atoms with Crippen LogP contribution in [0.4, 0.5) is 4.79 Å². The molecule has 5 rings (SSSR count). The first-order chi connectivity index (χ1) is 14.3. The van der Waals surface area contributed by atoms with Crippen molar-refractivity contribution in [2.75, 3.05) is 39.4 Å². The molecule has 3 fully saturated rings. The minimum Gasteiger partial charge on any atom is -0.381 e. The molecule has 2 aromatic rings. The van der Waals surface area contributed by atoms with E-state index in [4.69, 9.17) is 4.74 Å². The van der Waals surface area contributed by atoms with Crippen LogP contribution < -0.4 is 0 Å². The summed E-state index contributed by atoms with van der Waals surface area (Å²) in [6, 6.07) is 15.6. The van der Waals surface area contributed by atoms with E-state index in [0.29, 0.717) is 12.1 Å². The molecule has 6 heteroatoms. The fourth-order valence-corrected chi connectivity index (χ4v) is 4.82. The number of carbonyl (C=O) groups is 1. The largest absolute Gasteiger partial charge is 0.381 e. The summed E-state index contributed by atoms with van der Waals surface area (Å²) >= 11 is 0. The molecule has 1 aromatic carbocycles. The van der Waals surface area contributed by atoms with Crippen molar-refractivity contribution in [1.82, 2.24) is 19.7 Å². The lowest BCUT2D eigenvalue weighted by Crippen LogP contribution is -2.51. The maximum atomic E-state index is 12.9. The Bertz CT molecular complexity index is 836. The van der Waals surface area contributed by atoms with E-state index < -0.39 is 0 Å². The van der Waals surface area contributed by atoms with Crippen molar-refractivity contribution in [2.45, 2.75) is 31.5 Å². The van der Waals surface area contributed by atoms with E-state index in [9.17, 15) is 4.79 Å². The summed E-state index contributed by atoms with van der Waals surface area (Å²) in [6.07, 6.45) is 3.77. The number of nitrogens with zero attached hydrogens (tertiary/aromatic N) is 4. The van der Waals surface area contributed by atoms with Crippen LogP contribution in [0.3, 0.4) is 0 Å². The first kappa shape index (κ1) is 18.6. The molecule has 3 saturated heterocycles. The molecule has 6 nitrogen and oxygen atoms in total. The van der Waals surface area contributed by atoms with Crippen molar-refractivity contribution in [3.8, 4) is 11.3 Å². The SMILES string of the molecule is O=C1N2CCN(Cc3ccc(-c4ccccn4)cc3)CC2CN1C1CCOCC1. The standard InChI is InChI=1S/C23H28N4O2/c28-23-26-12-11-25(16-21(26)17-27(23)20-8-13-29-14-9-20)15-18-4-6-19(7-5-18)22-3-1-2-10-24-22/h1-7,10,20-21H,8-9,11-17H2. The van der Waals surface area contributed by atoms with Gasteiger partial charge < -0.3 is 14.5 Å². The Labute approximate surface area is 172 Å². The average Bonchev–Trinajstić information content (AvgIpc) is 3.11. The van der Waals surface area contributed by atoms with Gasteiger partial charge in [-0.05, 0) is 30.5 Å². The minimum absolute atomic E-state index is 0.237. The Morgan fingerprint density at radius 2 is 1.76 bits per heavy atom. The van der Waals surface area contributed by atoms with E-state index in [1.54, 1.807) is 0 Å². The van der Waals surface area contributed by atoms with Crippen molar-refractivity contribution < 1.29 is 9.53 Å². The van der Waals surface area contributed by atoms with Crippen LogP contribution >= 0.6 is 0 Å². The van der Waals surface area contributed by atoms with Gasteiger partial charge in [0.05, 0.1) is 11.7 Å². The zero-order valence-corrected chi connectivity index (χ0v) is 16.7. The number of amides is 2. The van der Waals surface area contributed by atoms with Crippen LogP contribution in [0.1, 0.15) is 18.4 Å². The van der Waals surface area contributed by atoms with Crippen LogP contribution in [-0.2, 0) is 11.3 Å².